The molecule has 17 heavy (non-hydrogen) atoms. The highest BCUT2D eigenvalue weighted by atomic mass is 19.1. The van der Waals surface area contributed by atoms with Gasteiger partial charge in [-0.25, -0.2) is 4.39 Å². The van der Waals surface area contributed by atoms with Gasteiger partial charge in [-0.1, -0.05) is 5.57 Å². The fourth-order valence-corrected chi connectivity index (χ4v) is 2.81. The van der Waals surface area contributed by atoms with Crippen molar-refractivity contribution in [2.45, 2.75) is 31.5 Å². The highest BCUT2D eigenvalue weighted by Gasteiger charge is 2.35. The smallest absolute Gasteiger partial charge is 0.123 e. The summed E-state index contributed by atoms with van der Waals surface area (Å²) < 4.78 is 18.5. The second-order valence-corrected chi connectivity index (χ2v) is 4.88. The zero-order valence-corrected chi connectivity index (χ0v) is 9.47. The summed E-state index contributed by atoms with van der Waals surface area (Å²) in [6.45, 7) is 0. The Bertz CT molecular complexity index is 438. The zero-order chi connectivity index (χ0) is 11.8. The first-order chi connectivity index (χ1) is 8.20. The zero-order valence-electron chi connectivity index (χ0n) is 9.47. The van der Waals surface area contributed by atoms with E-state index in [1.165, 1.54) is 17.7 Å². The van der Waals surface area contributed by atoms with Gasteiger partial charge in [-0.05, 0) is 55.5 Å². The molecule has 3 rings (SSSR count). The molecule has 0 spiro atoms. The van der Waals surface area contributed by atoms with E-state index >= 15 is 0 Å². The van der Waals surface area contributed by atoms with Crippen LogP contribution in [0.5, 0.6) is 5.75 Å². The molecule has 1 fully saturated rings. The lowest BCUT2D eigenvalue weighted by Gasteiger charge is -2.14. The molecule has 0 amide bonds. The molecule has 90 valence electrons. The number of ether oxygens (including phenoxy) is 1. The van der Waals surface area contributed by atoms with Crippen molar-refractivity contribution in [2.24, 2.45) is 5.92 Å². The normalized spacial score (nSPS) is 31.2. The average molecular weight is 234 g/mol. The number of halogens is 1. The van der Waals surface area contributed by atoms with E-state index in [-0.39, 0.29) is 18.0 Å². The van der Waals surface area contributed by atoms with Gasteiger partial charge < -0.3 is 9.84 Å². The second kappa shape index (κ2) is 4.15. The van der Waals surface area contributed by atoms with Crippen LogP contribution >= 0.6 is 0 Å². The van der Waals surface area contributed by atoms with Crippen molar-refractivity contribution >= 4 is 0 Å². The summed E-state index contributed by atoms with van der Waals surface area (Å²) in [4.78, 5) is 0. The Morgan fingerprint density at radius 3 is 2.65 bits per heavy atom. The van der Waals surface area contributed by atoms with Gasteiger partial charge in [0.15, 0.2) is 0 Å². The Kier molecular flexibility index (Phi) is 2.63. The summed E-state index contributed by atoms with van der Waals surface area (Å²) in [5.41, 5.74) is 1.32. The highest BCUT2D eigenvalue weighted by Crippen LogP contribution is 2.40. The van der Waals surface area contributed by atoms with E-state index in [9.17, 15) is 9.50 Å². The summed E-state index contributed by atoms with van der Waals surface area (Å²) in [7, 11) is 0. The molecule has 0 aliphatic heterocycles. The predicted octanol–water partition coefficient (Wildman–Crippen LogP) is 2.67. The number of fused-ring (bicyclic) bond motifs is 1. The van der Waals surface area contributed by atoms with Gasteiger partial charge in [-0.3, -0.25) is 0 Å². The monoisotopic (exact) mass is 234 g/mol. The third-order valence-electron chi connectivity index (χ3n) is 3.57. The number of hydrogen-bond donors (Lipinski definition) is 1. The number of benzene rings is 1. The molecule has 2 aliphatic carbocycles. The molecule has 1 N–H and O–H groups in total. The molecule has 2 nitrogen and oxygen atoms in total. The van der Waals surface area contributed by atoms with E-state index in [1.54, 1.807) is 12.1 Å². The van der Waals surface area contributed by atoms with Gasteiger partial charge in [-0.2, -0.15) is 0 Å². The van der Waals surface area contributed by atoms with Gasteiger partial charge in [0.1, 0.15) is 17.7 Å². The third kappa shape index (κ3) is 2.20. The molecule has 0 saturated heterocycles. The number of aliphatic hydroxyl groups is 1. The van der Waals surface area contributed by atoms with Gasteiger partial charge >= 0.3 is 0 Å². The maximum Gasteiger partial charge on any atom is 0.123 e. The SMILES string of the molecule is OC1CC2=CC(Oc3ccc(F)cc3)CC2C1. The van der Waals surface area contributed by atoms with E-state index in [0.717, 1.165) is 19.3 Å². The van der Waals surface area contributed by atoms with Crippen LogP contribution in [0.15, 0.2) is 35.9 Å². The Hall–Kier alpha value is -1.35. The summed E-state index contributed by atoms with van der Waals surface area (Å²) in [5.74, 6) is 0.936. The molecule has 0 aromatic heterocycles. The van der Waals surface area contributed by atoms with Crippen molar-refractivity contribution in [1.82, 2.24) is 0 Å². The topological polar surface area (TPSA) is 29.5 Å². The molecule has 0 heterocycles. The van der Waals surface area contributed by atoms with Crippen molar-refractivity contribution < 1.29 is 14.2 Å². The predicted molar refractivity (Wildman–Crippen MR) is 62.2 cm³/mol. The fourth-order valence-electron chi connectivity index (χ4n) is 2.81. The Morgan fingerprint density at radius 2 is 1.94 bits per heavy atom. The third-order valence-corrected chi connectivity index (χ3v) is 3.57. The molecule has 3 atom stereocenters. The first kappa shape index (κ1) is 10.8. The van der Waals surface area contributed by atoms with Gasteiger partial charge in [0.25, 0.3) is 0 Å². The lowest BCUT2D eigenvalue weighted by Crippen LogP contribution is -2.13. The largest absolute Gasteiger partial charge is 0.486 e. The Balaban J connectivity index is 1.67. The molecule has 1 aromatic rings. The minimum atomic E-state index is -0.248. The van der Waals surface area contributed by atoms with Gasteiger partial charge in [0.05, 0.1) is 6.10 Å². The first-order valence-electron chi connectivity index (χ1n) is 6.01. The standard InChI is InChI=1S/C14H15FO2/c15-11-1-3-13(4-2-11)17-14-7-9-5-12(16)6-10(9)8-14/h1-4,7,10,12,14,16H,5-6,8H2. The van der Waals surface area contributed by atoms with E-state index in [1.807, 2.05) is 0 Å². The Morgan fingerprint density at radius 1 is 1.18 bits per heavy atom. The maximum absolute atomic E-state index is 12.7. The van der Waals surface area contributed by atoms with Crippen molar-refractivity contribution in [3.05, 3.63) is 41.7 Å². The molecule has 1 saturated carbocycles. The van der Waals surface area contributed by atoms with Crippen LogP contribution in [0, 0.1) is 11.7 Å². The van der Waals surface area contributed by atoms with Gasteiger partial charge in [0.2, 0.25) is 0 Å². The van der Waals surface area contributed by atoms with E-state index in [4.69, 9.17) is 4.74 Å². The van der Waals surface area contributed by atoms with Gasteiger partial charge in [0, 0.05) is 0 Å². The maximum atomic E-state index is 12.7. The fraction of sp³-hybridized carbons (Fsp3) is 0.429. The van der Waals surface area contributed by atoms with Crippen molar-refractivity contribution in [1.29, 1.82) is 0 Å². The minimum absolute atomic E-state index is 0.0768. The van der Waals surface area contributed by atoms with Crippen LogP contribution < -0.4 is 4.74 Å². The summed E-state index contributed by atoms with van der Waals surface area (Å²) in [6, 6.07) is 6.11. The summed E-state index contributed by atoms with van der Waals surface area (Å²) >= 11 is 0. The van der Waals surface area contributed by atoms with Crippen LogP contribution in [0.3, 0.4) is 0 Å². The van der Waals surface area contributed by atoms with Crippen molar-refractivity contribution in [3.63, 3.8) is 0 Å². The molecular weight excluding hydrogens is 219 g/mol. The lowest BCUT2D eigenvalue weighted by atomic mass is 10.1. The molecule has 0 bridgehead atoms. The molecule has 1 aromatic carbocycles. The number of rotatable bonds is 2. The van der Waals surface area contributed by atoms with Gasteiger partial charge in [-0.15, -0.1) is 0 Å². The van der Waals surface area contributed by atoms with Crippen molar-refractivity contribution in [3.8, 4) is 5.75 Å². The summed E-state index contributed by atoms with van der Waals surface area (Å²) in [5, 5.41) is 9.52. The minimum Gasteiger partial charge on any atom is -0.486 e. The van der Waals surface area contributed by atoms with Crippen LogP contribution in [-0.2, 0) is 0 Å². The van der Waals surface area contributed by atoms with Crippen molar-refractivity contribution in [2.75, 3.05) is 0 Å². The Labute approximate surface area is 99.7 Å². The van der Waals surface area contributed by atoms with Crippen LogP contribution in [0.4, 0.5) is 4.39 Å². The molecule has 3 heteroatoms. The second-order valence-electron chi connectivity index (χ2n) is 4.88. The van der Waals surface area contributed by atoms with Crippen LogP contribution in [0.25, 0.3) is 0 Å². The molecular formula is C14H15FO2. The van der Waals surface area contributed by atoms with Crippen LogP contribution in [0.2, 0.25) is 0 Å². The van der Waals surface area contributed by atoms with E-state index in [0.29, 0.717) is 11.7 Å². The quantitative estimate of drug-likeness (QED) is 0.797. The first-order valence-corrected chi connectivity index (χ1v) is 6.01. The average Bonchev–Trinajstić information content (AvgIpc) is 2.78. The van der Waals surface area contributed by atoms with Crippen LogP contribution in [-0.4, -0.2) is 17.3 Å². The molecule has 0 radical (unpaired) electrons. The van der Waals surface area contributed by atoms with E-state index < -0.39 is 0 Å². The lowest BCUT2D eigenvalue weighted by molar-refractivity contribution is 0.167. The number of aliphatic hydroxyl groups excluding tert-OH is 1. The highest BCUT2D eigenvalue weighted by molar-refractivity contribution is 5.26. The number of hydrogen-bond acceptors (Lipinski definition) is 2. The summed E-state index contributed by atoms with van der Waals surface area (Å²) in [6.07, 6.45) is 4.60. The van der Waals surface area contributed by atoms with E-state index in [2.05, 4.69) is 6.08 Å². The van der Waals surface area contributed by atoms with Crippen LogP contribution in [0.1, 0.15) is 19.3 Å². The molecule has 3 unspecified atom stereocenters. The molecule has 2 aliphatic rings.